The monoisotopic (exact) mass is 539 g/mol. The van der Waals surface area contributed by atoms with Gasteiger partial charge in [-0.25, -0.2) is 0 Å². The lowest BCUT2D eigenvalue weighted by molar-refractivity contribution is -0.139. The van der Waals surface area contributed by atoms with Crippen molar-refractivity contribution in [1.29, 1.82) is 0 Å². The van der Waals surface area contributed by atoms with Crippen molar-refractivity contribution >= 4 is 23.6 Å². The molecule has 2 atom stereocenters. The van der Waals surface area contributed by atoms with Gasteiger partial charge in [-0.1, -0.05) is 80.7 Å². The van der Waals surface area contributed by atoms with Crippen molar-refractivity contribution in [3.05, 3.63) is 72.4 Å². The summed E-state index contributed by atoms with van der Waals surface area (Å²) in [5.74, 6) is -1.71. The summed E-state index contributed by atoms with van der Waals surface area (Å²) in [5, 5.41) is 24.5. The van der Waals surface area contributed by atoms with Crippen LogP contribution in [0.15, 0.2) is 72.4 Å². The number of rotatable bonds is 13. The molecular weight excluding hydrogens is 498 g/mol. The van der Waals surface area contributed by atoms with E-state index in [4.69, 9.17) is 0 Å². The Kier molecular flexibility index (Phi) is 13.3. The maximum absolute atomic E-state index is 13.0. The molecular formula is C30H41N3O6. The molecule has 9 nitrogen and oxygen atoms in total. The van der Waals surface area contributed by atoms with Crippen LogP contribution in [0.2, 0.25) is 0 Å². The fraction of sp³-hybridized carbons (Fsp3) is 0.467. The number of carbonyl (C=O) groups is 4. The van der Waals surface area contributed by atoms with Crippen molar-refractivity contribution in [3.63, 3.8) is 0 Å². The van der Waals surface area contributed by atoms with Gasteiger partial charge in [0.15, 0.2) is 0 Å². The number of amides is 4. The first kappa shape index (κ1) is 31.7. The Morgan fingerprint density at radius 1 is 0.949 bits per heavy atom. The molecule has 0 aromatic heterocycles. The minimum absolute atomic E-state index is 0.0679. The van der Waals surface area contributed by atoms with Crippen LogP contribution in [0.1, 0.15) is 46.0 Å². The van der Waals surface area contributed by atoms with E-state index in [0.717, 1.165) is 12.0 Å². The molecule has 0 aromatic rings. The van der Waals surface area contributed by atoms with Gasteiger partial charge in [0.2, 0.25) is 23.6 Å². The maximum Gasteiger partial charge on any atom is 0.249 e. The van der Waals surface area contributed by atoms with Gasteiger partial charge in [-0.15, -0.1) is 0 Å². The van der Waals surface area contributed by atoms with Crippen LogP contribution >= 0.6 is 0 Å². The molecule has 9 heteroatoms. The number of imide groups is 1. The van der Waals surface area contributed by atoms with Gasteiger partial charge in [-0.2, -0.15) is 0 Å². The number of aliphatic hydroxyl groups is 2. The predicted molar refractivity (Wildman–Crippen MR) is 150 cm³/mol. The van der Waals surface area contributed by atoms with E-state index in [1.54, 1.807) is 13.8 Å². The highest BCUT2D eigenvalue weighted by atomic mass is 16.3. The maximum atomic E-state index is 13.0. The second kappa shape index (κ2) is 16.4. The summed E-state index contributed by atoms with van der Waals surface area (Å²) in [6.07, 6.45) is 21.7. The van der Waals surface area contributed by atoms with Crippen LogP contribution in [-0.2, 0) is 19.2 Å². The predicted octanol–water partition coefficient (Wildman–Crippen LogP) is 2.25. The number of hydrogen-bond donors (Lipinski definition) is 4. The summed E-state index contributed by atoms with van der Waals surface area (Å²) in [4.78, 5) is 50.9. The minimum atomic E-state index is -1.37. The zero-order valence-corrected chi connectivity index (χ0v) is 22.8. The lowest BCUT2D eigenvalue weighted by Gasteiger charge is -2.27. The Labute approximate surface area is 230 Å². The van der Waals surface area contributed by atoms with Crippen LogP contribution in [0.25, 0.3) is 0 Å². The van der Waals surface area contributed by atoms with Gasteiger partial charge in [0.05, 0.1) is 12.5 Å². The molecule has 0 spiro atoms. The Hall–Kier alpha value is -3.56. The van der Waals surface area contributed by atoms with Crippen molar-refractivity contribution in [2.45, 2.75) is 52.1 Å². The molecule has 1 fully saturated rings. The largest absolute Gasteiger partial charge is 0.396 e. The molecule has 0 aromatic carbocycles. The van der Waals surface area contributed by atoms with E-state index in [1.165, 1.54) is 4.90 Å². The van der Waals surface area contributed by atoms with Crippen LogP contribution in [0.3, 0.4) is 0 Å². The molecule has 4 amide bonds. The number of allylic oxidation sites excluding steroid dienone is 11. The highest BCUT2D eigenvalue weighted by Gasteiger charge is 2.39. The third-order valence-corrected chi connectivity index (χ3v) is 6.54. The molecule has 1 unspecified atom stereocenters. The summed E-state index contributed by atoms with van der Waals surface area (Å²) >= 11 is 0. The van der Waals surface area contributed by atoms with Crippen LogP contribution in [0.5, 0.6) is 0 Å². The first-order chi connectivity index (χ1) is 18.7. The molecule has 212 valence electrons. The van der Waals surface area contributed by atoms with Crippen molar-refractivity contribution in [1.82, 2.24) is 15.5 Å². The molecule has 4 N–H and O–H groups in total. The van der Waals surface area contributed by atoms with Crippen LogP contribution in [0, 0.1) is 11.3 Å². The molecule has 0 bridgehead atoms. The number of carbonyl (C=O) groups excluding carboxylic acids is 4. The average molecular weight is 540 g/mol. The topological polar surface area (TPSA) is 136 Å². The quantitative estimate of drug-likeness (QED) is 0.209. The van der Waals surface area contributed by atoms with E-state index in [9.17, 15) is 29.4 Å². The molecule has 0 saturated carbocycles. The van der Waals surface area contributed by atoms with E-state index < -0.39 is 23.3 Å². The summed E-state index contributed by atoms with van der Waals surface area (Å²) < 4.78 is 0. The van der Waals surface area contributed by atoms with E-state index >= 15 is 0 Å². The zero-order valence-electron chi connectivity index (χ0n) is 22.8. The standard InChI is InChI=1S/C30H41N3O6/c1-30(2,22-34)27(37)28(38)32-19-17-25(35)31-18-13-10-14-20-33-26(36)21-24(29(33)39)23-15-11-8-6-4-3-5-7-9-12-16-23/h3-9,11-12,15-16,24,27,34,37H,10,13-14,17-22H2,1-2H3,(H,31,35)(H,32,38)/b4-3-,5-3?,6-4?,7-5-,8-6-,9-7?,11-8?,12-9-,15-11-,16-12?,23-15?,23-16+/t24?,27-/m0/s1. The number of hydrogen-bond acceptors (Lipinski definition) is 6. The highest BCUT2D eigenvalue weighted by Crippen LogP contribution is 2.28. The van der Waals surface area contributed by atoms with E-state index in [2.05, 4.69) is 10.6 Å². The van der Waals surface area contributed by atoms with Gasteiger partial charge >= 0.3 is 0 Å². The third kappa shape index (κ3) is 10.6. The van der Waals surface area contributed by atoms with Crippen molar-refractivity contribution in [3.8, 4) is 0 Å². The second-order valence-electron chi connectivity index (χ2n) is 10.2. The fourth-order valence-corrected chi connectivity index (χ4v) is 3.97. The molecule has 1 aliphatic carbocycles. The lowest BCUT2D eigenvalue weighted by Crippen LogP contribution is -2.46. The van der Waals surface area contributed by atoms with Crippen molar-refractivity contribution < 1.29 is 29.4 Å². The number of nitrogens with one attached hydrogen (secondary N) is 2. The summed E-state index contributed by atoms with van der Waals surface area (Å²) in [6, 6.07) is 0. The molecule has 1 heterocycles. The van der Waals surface area contributed by atoms with E-state index in [0.29, 0.717) is 25.9 Å². The second-order valence-corrected chi connectivity index (χ2v) is 10.2. The van der Waals surface area contributed by atoms with Crippen LogP contribution in [0.4, 0.5) is 0 Å². The Balaban J connectivity index is 1.69. The van der Waals surface area contributed by atoms with Crippen molar-refractivity contribution in [2.24, 2.45) is 11.3 Å². The first-order valence-electron chi connectivity index (χ1n) is 13.4. The lowest BCUT2D eigenvalue weighted by atomic mass is 9.87. The average Bonchev–Trinajstić information content (AvgIpc) is 3.18. The number of aliphatic hydroxyl groups excluding tert-OH is 2. The minimum Gasteiger partial charge on any atom is -0.396 e. The van der Waals surface area contributed by atoms with Crippen LogP contribution < -0.4 is 10.6 Å². The smallest absolute Gasteiger partial charge is 0.249 e. The summed E-state index contributed by atoms with van der Waals surface area (Å²) in [7, 11) is 0. The Morgan fingerprint density at radius 2 is 1.59 bits per heavy atom. The molecule has 0 radical (unpaired) electrons. The van der Waals surface area contributed by atoms with E-state index in [1.807, 2.05) is 66.8 Å². The highest BCUT2D eigenvalue weighted by molar-refractivity contribution is 6.05. The van der Waals surface area contributed by atoms with Crippen molar-refractivity contribution in [2.75, 3.05) is 26.2 Å². The number of likely N-dealkylation sites (tertiary alicyclic amines) is 1. The molecule has 39 heavy (non-hydrogen) atoms. The van der Waals surface area contributed by atoms with Gasteiger partial charge in [-0.3, -0.25) is 24.1 Å². The van der Waals surface area contributed by atoms with Gasteiger partial charge in [0, 0.05) is 37.9 Å². The van der Waals surface area contributed by atoms with Gasteiger partial charge in [0.1, 0.15) is 6.10 Å². The zero-order chi connectivity index (χ0) is 28.7. The number of nitrogens with zero attached hydrogens (tertiary/aromatic N) is 1. The van der Waals surface area contributed by atoms with Gasteiger partial charge < -0.3 is 20.8 Å². The first-order valence-corrected chi connectivity index (χ1v) is 13.4. The fourth-order valence-electron chi connectivity index (χ4n) is 3.97. The number of unbranched alkanes of at least 4 members (excludes halogenated alkanes) is 2. The Morgan fingerprint density at radius 3 is 2.26 bits per heavy atom. The van der Waals surface area contributed by atoms with Gasteiger partial charge in [0.25, 0.3) is 0 Å². The molecule has 1 saturated heterocycles. The molecule has 2 rings (SSSR count). The van der Waals surface area contributed by atoms with Crippen LogP contribution in [-0.4, -0.2) is 71.1 Å². The summed E-state index contributed by atoms with van der Waals surface area (Å²) in [6.45, 7) is 3.67. The molecule has 2 aliphatic rings. The third-order valence-electron chi connectivity index (χ3n) is 6.54. The molecule has 1 aliphatic heterocycles. The summed E-state index contributed by atoms with van der Waals surface area (Å²) in [5.41, 5.74) is -0.177. The van der Waals surface area contributed by atoms with E-state index in [-0.39, 0.29) is 43.7 Å². The SMILES string of the molecule is CC(C)(CO)[C@@H](O)C(=O)NCCC(=O)NCCCCCN1C(=O)CC(C2=C/C=C\C=C/C=C\C=C/C=C\2)C1=O. The normalized spacial score (nSPS) is 23.9. The Bertz CT molecular complexity index is 1050. The van der Waals surface area contributed by atoms with Gasteiger partial charge in [-0.05, 0) is 24.8 Å².